The minimum atomic E-state index is 0.502. The Morgan fingerprint density at radius 2 is 1.71 bits per heavy atom. The Hall–Kier alpha value is -2.67. The maximum atomic E-state index is 4.69. The number of nitrogens with zero attached hydrogens (tertiary/aromatic N) is 5. The highest BCUT2D eigenvalue weighted by Gasteiger charge is 2.16. The molecule has 2 N–H and O–H groups in total. The summed E-state index contributed by atoms with van der Waals surface area (Å²) in [4.78, 5) is 16.4. The van der Waals surface area contributed by atoms with Crippen LogP contribution in [0.2, 0.25) is 0 Å². The minimum Gasteiger partial charge on any atom is -0.367 e. The third-order valence-corrected chi connectivity index (χ3v) is 4.75. The number of imidazole rings is 1. The molecule has 0 saturated heterocycles. The van der Waals surface area contributed by atoms with Crippen LogP contribution >= 0.6 is 0 Å². The summed E-state index contributed by atoms with van der Waals surface area (Å²) in [6.07, 6.45) is 1.81. The lowest BCUT2D eigenvalue weighted by Crippen LogP contribution is -2.40. The maximum absolute atomic E-state index is 4.69. The van der Waals surface area contributed by atoms with Crippen molar-refractivity contribution in [2.75, 3.05) is 30.3 Å². The number of hydrogen-bond donors (Lipinski definition) is 2. The van der Waals surface area contributed by atoms with Gasteiger partial charge in [-0.15, -0.1) is 0 Å². The van der Waals surface area contributed by atoms with E-state index in [1.165, 1.54) is 0 Å². The van der Waals surface area contributed by atoms with Crippen molar-refractivity contribution in [3.8, 4) is 5.69 Å². The number of benzene rings is 1. The zero-order valence-corrected chi connectivity index (χ0v) is 17.5. The molecule has 3 aromatic rings. The molecule has 0 fully saturated rings. The molecule has 0 unspecified atom stereocenters. The molecule has 0 saturated carbocycles. The lowest BCUT2D eigenvalue weighted by atomic mass is 10.2. The van der Waals surface area contributed by atoms with Gasteiger partial charge in [0.2, 0.25) is 5.95 Å². The van der Waals surface area contributed by atoms with E-state index in [1.807, 2.05) is 48.1 Å². The van der Waals surface area contributed by atoms with Crippen LogP contribution in [-0.4, -0.2) is 56.1 Å². The zero-order chi connectivity index (χ0) is 20.1. The van der Waals surface area contributed by atoms with Gasteiger partial charge in [0.05, 0.1) is 0 Å². The molecule has 0 aliphatic rings. The van der Waals surface area contributed by atoms with E-state index in [9.17, 15) is 0 Å². The van der Waals surface area contributed by atoms with Gasteiger partial charge in [0.25, 0.3) is 0 Å². The predicted molar refractivity (Wildman–Crippen MR) is 116 cm³/mol. The molecule has 3 rings (SSSR count). The van der Waals surface area contributed by atoms with Gasteiger partial charge in [0.1, 0.15) is 6.33 Å². The molecule has 0 spiro atoms. The zero-order valence-electron chi connectivity index (χ0n) is 17.5. The fraction of sp³-hybridized carbons (Fsp3) is 0.476. The molecule has 7 heteroatoms. The highest BCUT2D eigenvalue weighted by Crippen LogP contribution is 2.23. The van der Waals surface area contributed by atoms with Crippen molar-refractivity contribution >= 4 is 22.9 Å². The number of rotatable bonds is 9. The molecule has 2 heterocycles. The first-order valence-electron chi connectivity index (χ1n) is 10.0. The molecule has 0 radical (unpaired) electrons. The summed E-state index contributed by atoms with van der Waals surface area (Å²) in [5, 5.41) is 6.71. The van der Waals surface area contributed by atoms with Gasteiger partial charge in [-0.25, -0.2) is 4.98 Å². The highest BCUT2D eigenvalue weighted by molar-refractivity contribution is 5.85. The Morgan fingerprint density at radius 1 is 1.00 bits per heavy atom. The summed E-state index contributed by atoms with van der Waals surface area (Å²) < 4.78 is 2.00. The molecule has 0 amide bonds. The first-order chi connectivity index (χ1) is 13.5. The van der Waals surface area contributed by atoms with Crippen LogP contribution in [0.15, 0.2) is 36.7 Å². The van der Waals surface area contributed by atoms with Crippen molar-refractivity contribution < 1.29 is 0 Å². The lowest BCUT2D eigenvalue weighted by Gasteiger charge is -2.30. The minimum absolute atomic E-state index is 0.502. The predicted octanol–water partition coefficient (Wildman–Crippen LogP) is 3.78. The van der Waals surface area contributed by atoms with Gasteiger partial charge >= 0.3 is 0 Å². The van der Waals surface area contributed by atoms with Gasteiger partial charge in [0, 0.05) is 37.4 Å². The van der Waals surface area contributed by atoms with E-state index in [1.54, 1.807) is 0 Å². The van der Waals surface area contributed by atoms with E-state index in [2.05, 4.69) is 58.2 Å². The lowest BCUT2D eigenvalue weighted by molar-refractivity contribution is 0.182. The van der Waals surface area contributed by atoms with Gasteiger partial charge in [-0.05, 0) is 46.8 Å². The summed E-state index contributed by atoms with van der Waals surface area (Å²) >= 11 is 0. The molecule has 1 aromatic carbocycles. The van der Waals surface area contributed by atoms with Crippen LogP contribution in [0.25, 0.3) is 16.9 Å². The number of para-hydroxylation sites is 1. The van der Waals surface area contributed by atoms with Crippen LogP contribution in [0, 0.1) is 0 Å². The fourth-order valence-electron chi connectivity index (χ4n) is 3.45. The fourth-order valence-corrected chi connectivity index (χ4v) is 3.45. The summed E-state index contributed by atoms with van der Waals surface area (Å²) in [6, 6.07) is 11.1. The highest BCUT2D eigenvalue weighted by atomic mass is 15.2. The smallest absolute Gasteiger partial charge is 0.226 e. The van der Waals surface area contributed by atoms with E-state index in [-0.39, 0.29) is 0 Å². The van der Waals surface area contributed by atoms with E-state index in [4.69, 9.17) is 0 Å². The van der Waals surface area contributed by atoms with Crippen molar-refractivity contribution in [1.82, 2.24) is 24.4 Å². The number of nitrogens with one attached hydrogen (secondary N) is 2. The molecule has 0 bridgehead atoms. The number of aromatic nitrogens is 4. The average Bonchev–Trinajstić information content (AvgIpc) is 3.09. The van der Waals surface area contributed by atoms with Crippen LogP contribution in [0.1, 0.15) is 34.6 Å². The second-order valence-corrected chi connectivity index (χ2v) is 7.40. The van der Waals surface area contributed by atoms with Gasteiger partial charge < -0.3 is 10.6 Å². The van der Waals surface area contributed by atoms with Crippen LogP contribution in [-0.2, 0) is 0 Å². The number of fused-ring (bicyclic) bond motifs is 1. The van der Waals surface area contributed by atoms with Gasteiger partial charge in [-0.2, -0.15) is 9.97 Å². The monoisotopic (exact) mass is 381 g/mol. The van der Waals surface area contributed by atoms with Crippen molar-refractivity contribution in [2.45, 2.75) is 46.7 Å². The summed E-state index contributed by atoms with van der Waals surface area (Å²) in [7, 11) is 0. The van der Waals surface area contributed by atoms with E-state index in [0.29, 0.717) is 18.0 Å². The number of hydrogen-bond acceptors (Lipinski definition) is 6. The maximum Gasteiger partial charge on any atom is 0.226 e. The molecule has 7 nitrogen and oxygen atoms in total. The average molecular weight is 382 g/mol. The summed E-state index contributed by atoms with van der Waals surface area (Å²) in [5.41, 5.74) is 2.61. The SMILES string of the molecule is CCNc1nc(NCCN(C(C)C)C(C)C)c2ncn(-c3ccccc3)c2n1. The first-order valence-corrected chi connectivity index (χ1v) is 10.0. The topological polar surface area (TPSA) is 70.9 Å². The van der Waals surface area contributed by atoms with E-state index < -0.39 is 0 Å². The van der Waals surface area contributed by atoms with Crippen molar-refractivity contribution in [1.29, 1.82) is 0 Å². The second kappa shape index (κ2) is 9.01. The Balaban J connectivity index is 1.90. The number of anilines is 2. The Bertz CT molecular complexity index is 878. The Labute approximate surface area is 167 Å². The quantitative estimate of drug-likeness (QED) is 0.588. The molecular weight excluding hydrogens is 350 g/mol. The third-order valence-electron chi connectivity index (χ3n) is 4.75. The first kappa shape index (κ1) is 20.1. The van der Waals surface area contributed by atoms with E-state index >= 15 is 0 Å². The van der Waals surface area contributed by atoms with Crippen LogP contribution in [0.5, 0.6) is 0 Å². The molecular formula is C21H31N7. The third kappa shape index (κ3) is 4.42. The van der Waals surface area contributed by atoms with Crippen molar-refractivity contribution in [3.63, 3.8) is 0 Å². The van der Waals surface area contributed by atoms with E-state index in [0.717, 1.165) is 42.3 Å². The molecule has 0 atom stereocenters. The van der Waals surface area contributed by atoms with Crippen LogP contribution in [0.3, 0.4) is 0 Å². The van der Waals surface area contributed by atoms with Gasteiger partial charge in [0.15, 0.2) is 17.0 Å². The van der Waals surface area contributed by atoms with Gasteiger partial charge in [-0.3, -0.25) is 9.47 Å². The summed E-state index contributed by atoms with van der Waals surface area (Å²) in [6.45, 7) is 13.5. The largest absolute Gasteiger partial charge is 0.367 e. The van der Waals surface area contributed by atoms with Crippen molar-refractivity contribution in [3.05, 3.63) is 36.7 Å². The van der Waals surface area contributed by atoms with Crippen molar-refractivity contribution in [2.24, 2.45) is 0 Å². The molecule has 0 aliphatic carbocycles. The molecule has 0 aliphatic heterocycles. The standard InChI is InChI=1S/C21H31N7/c1-6-22-21-25-19(23-12-13-27(15(2)3)16(4)5)18-20(26-21)28(14-24-18)17-10-8-7-9-11-17/h7-11,14-16H,6,12-13H2,1-5H3,(H2,22,23,25,26). The summed E-state index contributed by atoms with van der Waals surface area (Å²) in [5.74, 6) is 1.38. The van der Waals surface area contributed by atoms with Gasteiger partial charge in [-0.1, -0.05) is 18.2 Å². The Kier molecular flexibility index (Phi) is 6.46. The molecule has 28 heavy (non-hydrogen) atoms. The Morgan fingerprint density at radius 3 is 2.36 bits per heavy atom. The van der Waals surface area contributed by atoms with Crippen LogP contribution in [0.4, 0.5) is 11.8 Å². The second-order valence-electron chi connectivity index (χ2n) is 7.40. The molecule has 150 valence electrons. The normalized spacial score (nSPS) is 11.7. The van der Waals surface area contributed by atoms with Crippen LogP contribution < -0.4 is 10.6 Å². The molecule has 2 aromatic heterocycles.